The third-order valence-electron chi connectivity index (χ3n) is 7.45. The van der Waals surface area contributed by atoms with E-state index in [1.807, 2.05) is 0 Å². The van der Waals surface area contributed by atoms with E-state index in [0.717, 1.165) is 0 Å². The molecule has 4 atom stereocenters. The molecule has 0 spiro atoms. The molecule has 1 fully saturated rings. The number of ketones is 2. The topological polar surface area (TPSA) is 194 Å². The molecule has 1 saturated carbocycles. The number of nitrogens with zero attached hydrogens (tertiary/aromatic N) is 2. The molecule has 3 aliphatic rings. The van der Waals surface area contributed by atoms with Crippen LogP contribution in [0.15, 0.2) is 16.9 Å². The van der Waals surface area contributed by atoms with Crippen molar-refractivity contribution in [2.24, 2.45) is 17.6 Å². The third kappa shape index (κ3) is 3.43. The van der Waals surface area contributed by atoms with Gasteiger partial charge in [-0.2, -0.15) is 0 Å². The monoisotopic (exact) mass is 534 g/mol. The van der Waals surface area contributed by atoms with Crippen molar-refractivity contribution in [2.45, 2.75) is 24.5 Å². The predicted molar refractivity (Wildman–Crippen MR) is 133 cm³/mol. The van der Waals surface area contributed by atoms with Crippen molar-refractivity contribution in [2.75, 3.05) is 38.4 Å². The van der Waals surface area contributed by atoms with E-state index in [0.29, 0.717) is 11.3 Å². The van der Waals surface area contributed by atoms with Gasteiger partial charge in [-0.1, -0.05) is 11.6 Å². The molecule has 37 heavy (non-hydrogen) atoms. The number of amides is 2. The molecule has 4 unspecified atom stereocenters. The van der Waals surface area contributed by atoms with Crippen LogP contribution in [0.5, 0.6) is 5.75 Å². The summed E-state index contributed by atoms with van der Waals surface area (Å²) in [5.74, 6) is -7.63. The molecule has 4 rings (SSSR count). The number of carbonyl (C=O) groups is 4. The molecule has 0 aromatic heterocycles. The van der Waals surface area contributed by atoms with Gasteiger partial charge in [-0.05, 0) is 38.4 Å². The number of anilines is 2. The van der Waals surface area contributed by atoms with Crippen LogP contribution >= 0.6 is 11.6 Å². The molecule has 13 heteroatoms. The number of hydrogen-bond donors (Lipinski definition) is 6. The van der Waals surface area contributed by atoms with Gasteiger partial charge in [-0.3, -0.25) is 24.1 Å². The number of rotatable bonds is 5. The number of phenols is 1. The molecule has 0 bridgehead atoms. The molecule has 1 aromatic carbocycles. The lowest BCUT2D eigenvalue weighted by atomic mass is 9.57. The second-order valence-electron chi connectivity index (χ2n) is 9.86. The summed E-state index contributed by atoms with van der Waals surface area (Å²) in [4.78, 5) is 53.3. The Labute approximate surface area is 216 Å². The number of nitrogens with two attached hydrogens (primary N) is 1. The normalized spacial score (nSPS) is 27.1. The lowest BCUT2D eigenvalue weighted by Crippen LogP contribution is -2.65. The highest BCUT2D eigenvalue weighted by molar-refractivity contribution is 6.37. The third-order valence-corrected chi connectivity index (χ3v) is 7.82. The SMILES string of the molecule is CN(C)c1c(Cl)c(NC=O)c(O)c2c1CC1CC3C(N(C)C)C(=O)C(C(N)=O)=C(O)C3(O)C(=O)C1=C2O. The molecule has 198 valence electrons. The maximum atomic E-state index is 13.9. The zero-order chi connectivity index (χ0) is 27.7. The Kier molecular flexibility index (Phi) is 6.26. The van der Waals surface area contributed by atoms with E-state index in [4.69, 9.17) is 17.3 Å². The number of aliphatic hydroxyl groups excluding tert-OH is 2. The molecule has 0 saturated heterocycles. The van der Waals surface area contributed by atoms with Crippen LogP contribution in [0.2, 0.25) is 5.02 Å². The van der Waals surface area contributed by atoms with E-state index >= 15 is 0 Å². The molecule has 0 heterocycles. The number of likely N-dealkylation sites (N-methyl/N-ethyl adjacent to an activating group) is 1. The fourth-order valence-corrected chi connectivity index (χ4v) is 6.41. The number of primary amides is 1. The van der Waals surface area contributed by atoms with Crippen molar-refractivity contribution < 1.29 is 39.6 Å². The lowest BCUT2D eigenvalue weighted by molar-refractivity contribution is -0.153. The minimum Gasteiger partial charge on any atom is -0.508 e. The van der Waals surface area contributed by atoms with Gasteiger partial charge in [0.05, 0.1) is 22.3 Å². The summed E-state index contributed by atoms with van der Waals surface area (Å²) in [7, 11) is 6.38. The molecule has 0 radical (unpaired) electrons. The number of benzene rings is 1. The van der Waals surface area contributed by atoms with E-state index in [-0.39, 0.29) is 41.1 Å². The number of phenolic OH excluding ortho intramolecular Hbond substituents is 1. The average Bonchev–Trinajstić information content (AvgIpc) is 2.78. The number of Topliss-reactive ketones (excluding diaryl/α,β-unsaturated/α-hetero) is 2. The standard InChI is InChI=1S/C24H27ClN4O8/c1-28(2)16-9-5-8-6-10-17(29(3)4)20(33)13(23(26)36)22(35)24(10,37)21(34)11(8)18(31)12(9)19(32)15(14(16)25)27-7-30/h7-8,10,17,31-32,35,37H,5-6H2,1-4H3,(H2,26,36)(H,27,30). The van der Waals surface area contributed by atoms with Crippen molar-refractivity contribution in [3.8, 4) is 5.75 Å². The van der Waals surface area contributed by atoms with E-state index in [2.05, 4.69) is 5.32 Å². The first-order valence-electron chi connectivity index (χ1n) is 11.3. The van der Waals surface area contributed by atoms with Crippen LogP contribution in [0.25, 0.3) is 5.76 Å². The Morgan fingerprint density at radius 1 is 1.19 bits per heavy atom. The molecule has 3 aliphatic carbocycles. The average molecular weight is 535 g/mol. The summed E-state index contributed by atoms with van der Waals surface area (Å²) >= 11 is 6.50. The largest absolute Gasteiger partial charge is 0.508 e. The summed E-state index contributed by atoms with van der Waals surface area (Å²) in [5.41, 5.74) is 1.79. The Hall–Kier alpha value is -3.61. The number of hydrogen-bond acceptors (Lipinski definition) is 10. The van der Waals surface area contributed by atoms with Crippen LogP contribution in [0, 0.1) is 11.8 Å². The van der Waals surface area contributed by atoms with Crippen LogP contribution in [0.3, 0.4) is 0 Å². The summed E-state index contributed by atoms with van der Waals surface area (Å²) in [6.45, 7) is 0. The van der Waals surface area contributed by atoms with Crippen molar-refractivity contribution in [3.63, 3.8) is 0 Å². The second kappa shape index (κ2) is 8.75. The highest BCUT2D eigenvalue weighted by Gasteiger charge is 2.64. The predicted octanol–water partition coefficient (Wildman–Crippen LogP) is 0.252. The maximum Gasteiger partial charge on any atom is 0.255 e. The molecular formula is C24H27ClN4O8. The number of nitrogens with one attached hydrogen (secondary N) is 1. The van der Waals surface area contributed by atoms with E-state index in [9.17, 15) is 39.6 Å². The smallest absolute Gasteiger partial charge is 0.255 e. The Balaban J connectivity index is 2.04. The van der Waals surface area contributed by atoms with Gasteiger partial charge in [0.2, 0.25) is 12.2 Å². The first kappa shape index (κ1) is 26.5. The molecule has 12 nitrogen and oxygen atoms in total. The Morgan fingerprint density at radius 2 is 1.81 bits per heavy atom. The van der Waals surface area contributed by atoms with Gasteiger partial charge < -0.3 is 36.4 Å². The van der Waals surface area contributed by atoms with E-state index in [1.54, 1.807) is 19.0 Å². The first-order chi connectivity index (χ1) is 17.2. The summed E-state index contributed by atoms with van der Waals surface area (Å²) in [5, 5.41) is 47.1. The fraction of sp³-hybridized carbons (Fsp3) is 0.417. The van der Waals surface area contributed by atoms with Gasteiger partial charge in [0.1, 0.15) is 22.8 Å². The van der Waals surface area contributed by atoms with E-state index < -0.39 is 63.8 Å². The molecular weight excluding hydrogens is 508 g/mol. The number of carbonyl (C=O) groups excluding carboxylic acids is 4. The lowest BCUT2D eigenvalue weighted by Gasteiger charge is -2.50. The van der Waals surface area contributed by atoms with Gasteiger partial charge in [0.25, 0.3) is 5.91 Å². The number of aromatic hydroxyl groups is 1. The van der Waals surface area contributed by atoms with Crippen LogP contribution in [-0.2, 0) is 25.6 Å². The fourth-order valence-electron chi connectivity index (χ4n) is 5.98. The zero-order valence-corrected chi connectivity index (χ0v) is 21.3. The van der Waals surface area contributed by atoms with Crippen LogP contribution < -0.4 is 16.0 Å². The van der Waals surface area contributed by atoms with E-state index in [1.165, 1.54) is 19.0 Å². The highest BCUT2D eigenvalue weighted by atomic mass is 35.5. The van der Waals surface area contributed by atoms with Gasteiger partial charge in [-0.25, -0.2) is 0 Å². The molecule has 0 aliphatic heterocycles. The van der Waals surface area contributed by atoms with Gasteiger partial charge >= 0.3 is 0 Å². The van der Waals surface area contributed by atoms with Gasteiger partial charge in [0, 0.05) is 25.6 Å². The molecule has 2 amide bonds. The highest BCUT2D eigenvalue weighted by Crippen LogP contribution is 2.56. The van der Waals surface area contributed by atoms with Crippen molar-refractivity contribution >= 4 is 52.6 Å². The number of halogens is 1. The van der Waals surface area contributed by atoms with Crippen LogP contribution in [0.4, 0.5) is 11.4 Å². The quantitative estimate of drug-likeness (QED) is 0.173. The van der Waals surface area contributed by atoms with Gasteiger partial charge in [-0.15, -0.1) is 0 Å². The summed E-state index contributed by atoms with van der Waals surface area (Å²) < 4.78 is 0. The molecule has 7 N–H and O–H groups in total. The zero-order valence-electron chi connectivity index (χ0n) is 20.5. The maximum absolute atomic E-state index is 13.9. The van der Waals surface area contributed by atoms with Crippen molar-refractivity contribution in [1.29, 1.82) is 0 Å². The Bertz CT molecular complexity index is 1330. The van der Waals surface area contributed by atoms with Crippen LogP contribution in [0.1, 0.15) is 17.5 Å². The minimum atomic E-state index is -2.74. The van der Waals surface area contributed by atoms with Gasteiger partial charge in [0.15, 0.2) is 17.1 Å². The summed E-state index contributed by atoms with van der Waals surface area (Å²) in [6, 6.07) is -1.18. The van der Waals surface area contributed by atoms with Crippen molar-refractivity contribution in [1.82, 2.24) is 4.90 Å². The number of aliphatic hydroxyl groups is 3. The minimum absolute atomic E-state index is 0.00827. The Morgan fingerprint density at radius 3 is 2.32 bits per heavy atom. The van der Waals surface area contributed by atoms with Crippen molar-refractivity contribution in [3.05, 3.63) is 33.1 Å². The first-order valence-corrected chi connectivity index (χ1v) is 11.7. The molecule has 1 aromatic rings. The number of fused-ring (bicyclic) bond motifs is 3. The second-order valence-corrected chi connectivity index (χ2v) is 10.2. The summed E-state index contributed by atoms with van der Waals surface area (Å²) in [6.07, 6.45) is 0.304. The van der Waals surface area contributed by atoms with Crippen LogP contribution in [-0.4, -0.2) is 89.0 Å².